The predicted molar refractivity (Wildman–Crippen MR) is 88.0 cm³/mol. The van der Waals surface area contributed by atoms with Gasteiger partial charge in [-0.05, 0) is 11.6 Å². The Kier molecular flexibility index (Phi) is 4.37. The van der Waals surface area contributed by atoms with Gasteiger partial charge in [0.05, 0.1) is 5.56 Å². The van der Waals surface area contributed by atoms with Crippen molar-refractivity contribution in [2.45, 2.75) is 6.43 Å². The largest absolute Gasteiger partial charge is 0.321 e. The van der Waals surface area contributed by atoms with Gasteiger partial charge >= 0.3 is 0 Å². The fourth-order valence-corrected chi connectivity index (χ4v) is 2.49. The maximum atomic E-state index is 13.0. The molecule has 0 atom stereocenters. The summed E-state index contributed by atoms with van der Waals surface area (Å²) in [5.41, 5.74) is 1.64. The molecule has 1 aromatic heterocycles. The summed E-state index contributed by atoms with van der Waals surface area (Å²) >= 11 is 0. The van der Waals surface area contributed by atoms with Gasteiger partial charge in [0, 0.05) is 24.5 Å². The van der Waals surface area contributed by atoms with Crippen LogP contribution in [0.5, 0.6) is 0 Å². The fraction of sp³-hybridized carbons (Fsp3) is 0.111. The van der Waals surface area contributed by atoms with Crippen molar-refractivity contribution in [2.24, 2.45) is 7.05 Å². The summed E-state index contributed by atoms with van der Waals surface area (Å²) < 4.78 is 27.3. The van der Waals surface area contributed by atoms with Gasteiger partial charge in [-0.3, -0.25) is 9.48 Å². The predicted octanol–water partition coefficient (Wildman–Crippen LogP) is 4.28. The van der Waals surface area contributed by atoms with Crippen molar-refractivity contribution in [1.29, 1.82) is 0 Å². The van der Waals surface area contributed by atoms with Crippen molar-refractivity contribution >= 4 is 11.6 Å². The Labute approximate surface area is 137 Å². The fourth-order valence-electron chi connectivity index (χ4n) is 2.49. The molecule has 0 aliphatic carbocycles. The summed E-state index contributed by atoms with van der Waals surface area (Å²) in [5.74, 6) is -0.609. The van der Waals surface area contributed by atoms with Crippen molar-refractivity contribution < 1.29 is 13.6 Å². The smallest absolute Gasteiger partial charge is 0.282 e. The minimum absolute atomic E-state index is 0.129. The van der Waals surface area contributed by atoms with E-state index in [1.54, 1.807) is 12.1 Å². The van der Waals surface area contributed by atoms with Crippen LogP contribution in [0.4, 0.5) is 14.5 Å². The topological polar surface area (TPSA) is 46.9 Å². The van der Waals surface area contributed by atoms with Crippen molar-refractivity contribution in [3.63, 3.8) is 0 Å². The zero-order chi connectivity index (χ0) is 17.1. The molecule has 0 fully saturated rings. The number of amides is 1. The zero-order valence-electron chi connectivity index (χ0n) is 12.9. The molecule has 0 unspecified atom stereocenters. The molecule has 0 saturated heterocycles. The third-order valence-electron chi connectivity index (χ3n) is 3.57. The maximum absolute atomic E-state index is 13.0. The standard InChI is InChI=1S/C18H15F2N3O/c1-23-11-14(16(22-23)17(19)20)18(24)21-15-10-6-5-9-13(15)12-7-3-2-4-8-12/h2-11,17H,1H3,(H,21,24). The van der Waals surface area contributed by atoms with Gasteiger partial charge < -0.3 is 5.32 Å². The molecule has 0 saturated carbocycles. The molecule has 3 rings (SSSR count). The summed E-state index contributed by atoms with van der Waals surface area (Å²) in [6.07, 6.45) is -1.52. The lowest BCUT2D eigenvalue weighted by Gasteiger charge is -2.11. The van der Waals surface area contributed by atoms with E-state index in [1.807, 2.05) is 42.5 Å². The van der Waals surface area contributed by atoms with Crippen molar-refractivity contribution in [1.82, 2.24) is 9.78 Å². The average Bonchev–Trinajstić information content (AvgIpc) is 2.98. The number of alkyl halides is 2. The van der Waals surface area contributed by atoms with Crippen LogP contribution in [-0.4, -0.2) is 15.7 Å². The quantitative estimate of drug-likeness (QED) is 0.777. The number of aryl methyl sites for hydroxylation is 1. The molecular formula is C18H15F2N3O. The highest BCUT2D eigenvalue weighted by Gasteiger charge is 2.23. The molecule has 3 aromatic rings. The molecule has 1 N–H and O–H groups in total. The van der Waals surface area contributed by atoms with E-state index in [2.05, 4.69) is 10.4 Å². The van der Waals surface area contributed by atoms with E-state index < -0.39 is 18.0 Å². The van der Waals surface area contributed by atoms with Crippen LogP contribution in [0.15, 0.2) is 60.8 Å². The second-order valence-corrected chi connectivity index (χ2v) is 5.27. The number of anilines is 1. The number of hydrogen-bond donors (Lipinski definition) is 1. The van der Waals surface area contributed by atoms with Crippen LogP contribution in [0.1, 0.15) is 22.5 Å². The number of halogens is 2. The number of para-hydroxylation sites is 1. The van der Waals surface area contributed by atoms with Crippen LogP contribution in [0.3, 0.4) is 0 Å². The van der Waals surface area contributed by atoms with Crippen molar-refractivity contribution in [3.8, 4) is 11.1 Å². The molecule has 4 nitrogen and oxygen atoms in total. The molecule has 1 heterocycles. The minimum atomic E-state index is -2.81. The summed E-state index contributed by atoms with van der Waals surface area (Å²) in [6, 6.07) is 16.7. The number of aromatic nitrogens is 2. The molecule has 0 aliphatic rings. The molecule has 0 spiro atoms. The number of nitrogens with one attached hydrogen (secondary N) is 1. The average molecular weight is 327 g/mol. The summed E-state index contributed by atoms with van der Waals surface area (Å²) in [6.45, 7) is 0. The third-order valence-corrected chi connectivity index (χ3v) is 3.57. The maximum Gasteiger partial charge on any atom is 0.282 e. The molecule has 1 amide bonds. The monoisotopic (exact) mass is 327 g/mol. The first-order chi connectivity index (χ1) is 11.6. The number of benzene rings is 2. The normalized spacial score (nSPS) is 10.8. The molecular weight excluding hydrogens is 312 g/mol. The Balaban J connectivity index is 1.94. The molecule has 24 heavy (non-hydrogen) atoms. The lowest BCUT2D eigenvalue weighted by molar-refractivity contribution is 0.101. The molecule has 0 aliphatic heterocycles. The van der Waals surface area contributed by atoms with Gasteiger partial charge in [-0.25, -0.2) is 8.78 Å². The first-order valence-electron chi connectivity index (χ1n) is 7.33. The molecule has 122 valence electrons. The molecule has 0 radical (unpaired) electrons. The lowest BCUT2D eigenvalue weighted by atomic mass is 10.0. The minimum Gasteiger partial charge on any atom is -0.321 e. The number of nitrogens with zero attached hydrogens (tertiary/aromatic N) is 2. The van der Waals surface area contributed by atoms with Gasteiger partial charge in [-0.2, -0.15) is 5.10 Å². The van der Waals surface area contributed by atoms with Crippen LogP contribution in [-0.2, 0) is 7.05 Å². The molecule has 2 aromatic carbocycles. The lowest BCUT2D eigenvalue weighted by Crippen LogP contribution is -2.14. The van der Waals surface area contributed by atoms with Gasteiger partial charge in [0.2, 0.25) is 0 Å². The summed E-state index contributed by atoms with van der Waals surface area (Å²) in [5, 5.41) is 6.37. The van der Waals surface area contributed by atoms with Gasteiger partial charge in [-0.1, -0.05) is 48.5 Å². The Bertz CT molecular complexity index is 860. The Hall–Kier alpha value is -3.02. The van der Waals surface area contributed by atoms with Crippen LogP contribution >= 0.6 is 0 Å². The molecule has 0 bridgehead atoms. The van der Waals surface area contributed by atoms with Crippen molar-refractivity contribution in [3.05, 3.63) is 72.1 Å². The van der Waals surface area contributed by atoms with Gasteiger partial charge in [0.1, 0.15) is 5.69 Å². The zero-order valence-corrected chi connectivity index (χ0v) is 12.9. The van der Waals surface area contributed by atoms with E-state index in [0.29, 0.717) is 5.69 Å². The van der Waals surface area contributed by atoms with Gasteiger partial charge in [-0.15, -0.1) is 0 Å². The SMILES string of the molecule is Cn1cc(C(=O)Nc2ccccc2-c2ccccc2)c(C(F)F)n1. The highest BCUT2D eigenvalue weighted by atomic mass is 19.3. The van der Waals surface area contributed by atoms with Crippen LogP contribution in [0.2, 0.25) is 0 Å². The number of rotatable bonds is 4. The summed E-state index contributed by atoms with van der Waals surface area (Å²) in [4.78, 5) is 12.4. The Morgan fingerprint density at radius 3 is 2.46 bits per heavy atom. The molecule has 6 heteroatoms. The highest BCUT2D eigenvalue weighted by molar-refractivity contribution is 6.06. The number of carbonyl (C=O) groups is 1. The van der Waals surface area contributed by atoms with Gasteiger partial charge in [0.25, 0.3) is 12.3 Å². The van der Waals surface area contributed by atoms with Crippen molar-refractivity contribution in [2.75, 3.05) is 5.32 Å². The van der Waals surface area contributed by atoms with Crippen LogP contribution in [0, 0.1) is 0 Å². The van der Waals surface area contributed by atoms with E-state index in [4.69, 9.17) is 0 Å². The number of carbonyl (C=O) groups excluding carboxylic acids is 1. The first kappa shape index (κ1) is 15.9. The second kappa shape index (κ2) is 6.62. The van der Waals surface area contributed by atoms with E-state index in [1.165, 1.54) is 17.9 Å². The second-order valence-electron chi connectivity index (χ2n) is 5.27. The van der Waals surface area contributed by atoms with E-state index in [0.717, 1.165) is 11.1 Å². The van der Waals surface area contributed by atoms with Crippen LogP contribution in [0.25, 0.3) is 11.1 Å². The van der Waals surface area contributed by atoms with E-state index >= 15 is 0 Å². The van der Waals surface area contributed by atoms with E-state index in [9.17, 15) is 13.6 Å². The highest BCUT2D eigenvalue weighted by Crippen LogP contribution is 2.29. The Morgan fingerprint density at radius 1 is 1.08 bits per heavy atom. The summed E-state index contributed by atoms with van der Waals surface area (Å²) in [7, 11) is 1.50. The number of hydrogen-bond acceptors (Lipinski definition) is 2. The van der Waals surface area contributed by atoms with Crippen LogP contribution < -0.4 is 5.32 Å². The Morgan fingerprint density at radius 2 is 1.75 bits per heavy atom. The third kappa shape index (κ3) is 3.17. The van der Waals surface area contributed by atoms with E-state index in [-0.39, 0.29) is 5.56 Å². The van der Waals surface area contributed by atoms with Gasteiger partial charge in [0.15, 0.2) is 0 Å². The first-order valence-corrected chi connectivity index (χ1v) is 7.33.